The summed E-state index contributed by atoms with van der Waals surface area (Å²) in [5.74, 6) is 0.354. The van der Waals surface area contributed by atoms with E-state index in [1.807, 2.05) is 24.3 Å². The number of hydrogen-bond donors (Lipinski definition) is 3. The summed E-state index contributed by atoms with van der Waals surface area (Å²) in [5.41, 5.74) is 16.2. The number of nitrogen functional groups attached to an aromatic ring is 2. The molecule has 0 atom stereocenters. The van der Waals surface area contributed by atoms with Gasteiger partial charge in [0.05, 0.1) is 28.5 Å². The molecule has 0 aliphatic heterocycles. The number of nitriles is 1. The monoisotopic (exact) mass is 333 g/mol. The van der Waals surface area contributed by atoms with E-state index < -0.39 is 0 Å². The first-order chi connectivity index (χ1) is 12.2. The second-order valence-corrected chi connectivity index (χ2v) is 5.68. The Balaban J connectivity index is 1.87. The number of benzene rings is 1. The fourth-order valence-corrected chi connectivity index (χ4v) is 2.61. The summed E-state index contributed by atoms with van der Waals surface area (Å²) in [5, 5.41) is 16.2. The van der Waals surface area contributed by atoms with Crippen molar-refractivity contribution in [2.24, 2.45) is 4.99 Å². The molecule has 0 amide bonds. The zero-order valence-electron chi connectivity index (χ0n) is 13.7. The maximum atomic E-state index is 8.52. The van der Waals surface area contributed by atoms with Gasteiger partial charge in [0.15, 0.2) is 0 Å². The van der Waals surface area contributed by atoms with E-state index in [1.54, 1.807) is 12.4 Å². The summed E-state index contributed by atoms with van der Waals surface area (Å²) >= 11 is 0. The van der Waals surface area contributed by atoms with Gasteiger partial charge in [-0.1, -0.05) is 12.1 Å². The van der Waals surface area contributed by atoms with Crippen LogP contribution in [0.25, 0.3) is 22.2 Å². The Bertz CT molecular complexity index is 936. The summed E-state index contributed by atoms with van der Waals surface area (Å²) in [6.07, 6.45) is 5.62. The van der Waals surface area contributed by atoms with Crippen LogP contribution in [0.15, 0.2) is 35.5 Å². The first-order valence-electron chi connectivity index (χ1n) is 8.06. The van der Waals surface area contributed by atoms with Crippen molar-refractivity contribution >= 4 is 28.6 Å². The van der Waals surface area contributed by atoms with Gasteiger partial charge >= 0.3 is 0 Å². The average Bonchev–Trinajstić information content (AvgIpc) is 3.14. The summed E-state index contributed by atoms with van der Waals surface area (Å²) in [7, 11) is 0. The minimum Gasteiger partial charge on any atom is -0.398 e. The largest absolute Gasteiger partial charge is 0.398 e. The molecule has 0 spiro atoms. The molecule has 2 aromatic heterocycles. The predicted molar refractivity (Wildman–Crippen MR) is 100 cm³/mol. The van der Waals surface area contributed by atoms with E-state index in [4.69, 9.17) is 16.7 Å². The van der Waals surface area contributed by atoms with Gasteiger partial charge in [-0.05, 0) is 25.0 Å². The first-order valence-corrected chi connectivity index (χ1v) is 8.06. The topological polar surface area (TPSA) is 130 Å². The third-order valence-electron chi connectivity index (χ3n) is 3.95. The number of nitrogens with two attached hydrogens (primary N) is 2. The average molecular weight is 333 g/mol. The maximum absolute atomic E-state index is 8.52. The fraction of sp³-hybridized carbons (Fsp3) is 0.222. The van der Waals surface area contributed by atoms with Crippen LogP contribution < -0.4 is 11.5 Å². The molecular formula is C18H19N7. The van der Waals surface area contributed by atoms with Crippen LogP contribution in [0.5, 0.6) is 0 Å². The summed E-state index contributed by atoms with van der Waals surface area (Å²) in [6, 6.07) is 9.83. The van der Waals surface area contributed by atoms with Crippen LogP contribution in [0.4, 0.5) is 11.5 Å². The normalized spacial score (nSPS) is 11.2. The molecule has 5 N–H and O–H groups in total. The van der Waals surface area contributed by atoms with Gasteiger partial charge in [0.2, 0.25) is 0 Å². The van der Waals surface area contributed by atoms with Crippen LogP contribution >= 0.6 is 0 Å². The number of anilines is 2. The van der Waals surface area contributed by atoms with E-state index in [0.29, 0.717) is 30.0 Å². The number of unbranched alkanes of at least 4 members (excludes halogenated alkanes) is 2. The van der Waals surface area contributed by atoms with E-state index in [-0.39, 0.29) is 0 Å². The SMILES string of the molecule is N#CCCCCN=Cc1c(N)nc2cc(-c3ccn[nH]3)ccc2c1N. The molecule has 0 unspecified atom stereocenters. The molecule has 25 heavy (non-hydrogen) atoms. The number of pyridine rings is 1. The summed E-state index contributed by atoms with van der Waals surface area (Å²) in [4.78, 5) is 8.82. The third kappa shape index (κ3) is 3.58. The number of nitrogens with one attached hydrogen (secondary N) is 1. The van der Waals surface area contributed by atoms with Crippen molar-refractivity contribution in [2.75, 3.05) is 18.0 Å². The van der Waals surface area contributed by atoms with Crippen molar-refractivity contribution in [3.8, 4) is 17.3 Å². The van der Waals surface area contributed by atoms with Crippen molar-refractivity contribution in [2.45, 2.75) is 19.3 Å². The molecule has 2 heterocycles. The lowest BCUT2D eigenvalue weighted by molar-refractivity contribution is 0.766. The smallest absolute Gasteiger partial charge is 0.135 e. The van der Waals surface area contributed by atoms with Gasteiger partial charge in [0.1, 0.15) is 5.82 Å². The van der Waals surface area contributed by atoms with E-state index in [9.17, 15) is 0 Å². The lowest BCUT2D eigenvalue weighted by atomic mass is 10.1. The van der Waals surface area contributed by atoms with Crippen molar-refractivity contribution in [3.63, 3.8) is 0 Å². The van der Waals surface area contributed by atoms with Crippen LogP contribution in [-0.4, -0.2) is 27.9 Å². The highest BCUT2D eigenvalue weighted by Gasteiger charge is 2.10. The Morgan fingerprint density at radius 2 is 2.12 bits per heavy atom. The quantitative estimate of drug-likeness (QED) is 0.471. The lowest BCUT2D eigenvalue weighted by Gasteiger charge is -2.09. The predicted octanol–water partition coefficient (Wildman–Crippen LogP) is 2.90. The van der Waals surface area contributed by atoms with Gasteiger partial charge < -0.3 is 11.5 Å². The van der Waals surface area contributed by atoms with Crippen LogP contribution in [0.1, 0.15) is 24.8 Å². The van der Waals surface area contributed by atoms with Crippen LogP contribution in [0.3, 0.4) is 0 Å². The van der Waals surface area contributed by atoms with Crippen molar-refractivity contribution in [1.29, 1.82) is 5.26 Å². The molecule has 0 aliphatic carbocycles. The molecule has 3 rings (SSSR count). The Hall–Kier alpha value is -3.40. The van der Waals surface area contributed by atoms with Crippen molar-refractivity contribution in [1.82, 2.24) is 15.2 Å². The Kier molecular flexibility index (Phi) is 4.90. The molecule has 3 aromatic rings. The summed E-state index contributed by atoms with van der Waals surface area (Å²) in [6.45, 7) is 0.636. The molecule has 0 fully saturated rings. The molecule has 7 nitrogen and oxygen atoms in total. The number of aromatic nitrogens is 3. The molecule has 0 saturated carbocycles. The Morgan fingerprint density at radius 3 is 2.88 bits per heavy atom. The Morgan fingerprint density at radius 1 is 1.24 bits per heavy atom. The molecule has 0 saturated heterocycles. The molecule has 0 aliphatic rings. The highest BCUT2D eigenvalue weighted by molar-refractivity contribution is 6.04. The number of H-pyrrole nitrogens is 1. The summed E-state index contributed by atoms with van der Waals surface area (Å²) < 4.78 is 0. The van der Waals surface area contributed by atoms with E-state index in [1.165, 1.54) is 0 Å². The van der Waals surface area contributed by atoms with E-state index in [0.717, 1.165) is 35.0 Å². The molecule has 7 heteroatoms. The van der Waals surface area contributed by atoms with Gasteiger partial charge in [0.25, 0.3) is 0 Å². The third-order valence-corrected chi connectivity index (χ3v) is 3.95. The first kappa shape index (κ1) is 16.5. The number of aliphatic imine (C=N–C) groups is 1. The van der Waals surface area contributed by atoms with E-state index >= 15 is 0 Å². The fourth-order valence-electron chi connectivity index (χ4n) is 2.61. The standard InChI is InChI=1S/C18H19N7/c19-7-2-1-3-8-22-11-14-17(20)13-5-4-12(15-6-9-23-25-15)10-16(13)24-18(14)21/h4-6,9-11H,1-3,8H2,(H,23,25)(H4,20,21,24). The van der Waals surface area contributed by atoms with Gasteiger partial charge in [-0.25, -0.2) is 4.98 Å². The minimum absolute atomic E-state index is 0.354. The molecule has 0 radical (unpaired) electrons. The Labute approximate surface area is 145 Å². The number of nitrogens with zero attached hydrogens (tertiary/aromatic N) is 4. The minimum atomic E-state index is 0.354. The van der Waals surface area contributed by atoms with Gasteiger partial charge in [-0.3, -0.25) is 10.1 Å². The van der Waals surface area contributed by atoms with Crippen LogP contribution in [0.2, 0.25) is 0 Å². The van der Waals surface area contributed by atoms with E-state index in [2.05, 4.69) is 26.2 Å². The highest BCUT2D eigenvalue weighted by atomic mass is 15.1. The van der Waals surface area contributed by atoms with Gasteiger partial charge in [0, 0.05) is 36.3 Å². The molecule has 0 bridgehead atoms. The maximum Gasteiger partial charge on any atom is 0.135 e. The number of rotatable bonds is 6. The second-order valence-electron chi connectivity index (χ2n) is 5.68. The number of fused-ring (bicyclic) bond motifs is 1. The van der Waals surface area contributed by atoms with Gasteiger partial charge in [-0.15, -0.1) is 0 Å². The highest BCUT2D eigenvalue weighted by Crippen LogP contribution is 2.29. The number of aromatic amines is 1. The molecular weight excluding hydrogens is 314 g/mol. The van der Waals surface area contributed by atoms with Gasteiger partial charge in [-0.2, -0.15) is 10.4 Å². The lowest BCUT2D eigenvalue weighted by Crippen LogP contribution is -2.04. The van der Waals surface area contributed by atoms with Crippen LogP contribution in [0, 0.1) is 11.3 Å². The number of hydrogen-bond acceptors (Lipinski definition) is 6. The second kappa shape index (κ2) is 7.45. The molecule has 126 valence electrons. The zero-order chi connectivity index (χ0) is 17.6. The molecule has 1 aromatic carbocycles. The zero-order valence-corrected chi connectivity index (χ0v) is 13.7. The van der Waals surface area contributed by atoms with Crippen LogP contribution in [-0.2, 0) is 0 Å². The van der Waals surface area contributed by atoms with Crippen molar-refractivity contribution < 1.29 is 0 Å². The van der Waals surface area contributed by atoms with Crippen molar-refractivity contribution in [3.05, 3.63) is 36.0 Å².